The molecule has 0 spiro atoms. The van der Waals surface area contributed by atoms with Gasteiger partial charge < -0.3 is 9.73 Å². The van der Waals surface area contributed by atoms with Crippen molar-refractivity contribution in [2.45, 2.75) is 13.8 Å². The Morgan fingerprint density at radius 1 is 1.15 bits per heavy atom. The van der Waals surface area contributed by atoms with E-state index >= 15 is 0 Å². The summed E-state index contributed by atoms with van der Waals surface area (Å²) in [5.74, 6) is -0.721. The predicted molar refractivity (Wildman–Crippen MR) is 97.7 cm³/mol. The summed E-state index contributed by atoms with van der Waals surface area (Å²) in [6.07, 6.45) is 2.49. The van der Waals surface area contributed by atoms with Gasteiger partial charge in [-0.15, -0.1) is 0 Å². The van der Waals surface area contributed by atoms with Crippen molar-refractivity contribution in [3.8, 4) is 0 Å². The van der Waals surface area contributed by atoms with E-state index in [0.29, 0.717) is 5.69 Å². The summed E-state index contributed by atoms with van der Waals surface area (Å²) < 4.78 is 4.96. The number of carbonyl (C=O) groups excluding carboxylic acids is 1. The van der Waals surface area contributed by atoms with Gasteiger partial charge in [0.25, 0.3) is 0 Å². The number of amides is 1. The van der Waals surface area contributed by atoms with Gasteiger partial charge in [0.05, 0.1) is 11.2 Å². The highest BCUT2D eigenvalue weighted by Gasteiger charge is 2.24. The molecule has 1 amide bonds. The fourth-order valence-electron chi connectivity index (χ4n) is 2.50. The van der Waals surface area contributed by atoms with Gasteiger partial charge in [-0.3, -0.25) is 25.8 Å². The average Bonchev–Trinajstić information content (AvgIpc) is 3.13. The quantitative estimate of drug-likeness (QED) is 0.446. The molecule has 1 aromatic carbocycles. The van der Waals surface area contributed by atoms with E-state index in [-0.39, 0.29) is 17.4 Å². The lowest BCUT2D eigenvalue weighted by Crippen LogP contribution is -2.30. The molecule has 0 unspecified atom stereocenters. The third kappa shape index (κ3) is 4.18. The number of aryl methyl sites for hydroxylation is 2. The van der Waals surface area contributed by atoms with Crippen LogP contribution < -0.4 is 16.2 Å². The SMILES string of the molecule is Cc1cc(C)cc(Nc2ncnc(NNC(=O)c3ccco3)c2[N+](=O)[O-])c1. The van der Waals surface area contributed by atoms with Gasteiger partial charge in [-0.25, -0.2) is 9.97 Å². The number of furan rings is 1. The van der Waals surface area contributed by atoms with Crippen LogP contribution in [0, 0.1) is 24.0 Å². The summed E-state index contributed by atoms with van der Waals surface area (Å²) >= 11 is 0. The molecule has 0 radical (unpaired) electrons. The molecule has 0 saturated heterocycles. The second-order valence-corrected chi connectivity index (χ2v) is 5.73. The number of nitro groups is 1. The maximum atomic E-state index is 11.9. The first kappa shape index (κ1) is 17.9. The number of nitrogens with one attached hydrogen (secondary N) is 3. The molecule has 0 bridgehead atoms. The molecule has 2 aromatic heterocycles. The highest BCUT2D eigenvalue weighted by molar-refractivity contribution is 5.92. The molecule has 0 fully saturated rings. The lowest BCUT2D eigenvalue weighted by Gasteiger charge is -2.11. The Morgan fingerprint density at radius 3 is 2.48 bits per heavy atom. The Balaban J connectivity index is 1.86. The predicted octanol–water partition coefficient (Wildman–Crippen LogP) is 3.10. The van der Waals surface area contributed by atoms with Gasteiger partial charge >= 0.3 is 11.6 Å². The molecule has 138 valence electrons. The number of aromatic nitrogens is 2. The fourth-order valence-corrected chi connectivity index (χ4v) is 2.50. The van der Waals surface area contributed by atoms with Gasteiger partial charge in [0.15, 0.2) is 5.76 Å². The number of anilines is 3. The van der Waals surface area contributed by atoms with E-state index in [0.717, 1.165) is 17.5 Å². The highest BCUT2D eigenvalue weighted by atomic mass is 16.6. The normalized spacial score (nSPS) is 10.3. The number of hydrazine groups is 1. The lowest BCUT2D eigenvalue weighted by molar-refractivity contribution is -0.383. The summed E-state index contributed by atoms with van der Waals surface area (Å²) in [5.41, 5.74) is 6.98. The van der Waals surface area contributed by atoms with Gasteiger partial charge in [0, 0.05) is 5.69 Å². The Bertz CT molecular complexity index is 967. The first-order chi connectivity index (χ1) is 12.9. The molecule has 0 saturated carbocycles. The monoisotopic (exact) mass is 368 g/mol. The smallest absolute Gasteiger partial charge is 0.355 e. The van der Waals surface area contributed by atoms with E-state index in [4.69, 9.17) is 4.42 Å². The van der Waals surface area contributed by atoms with Crippen LogP contribution in [-0.4, -0.2) is 20.8 Å². The summed E-state index contributed by atoms with van der Waals surface area (Å²) in [6.45, 7) is 3.84. The lowest BCUT2D eigenvalue weighted by atomic mass is 10.1. The van der Waals surface area contributed by atoms with Gasteiger partial charge in [0.1, 0.15) is 6.33 Å². The van der Waals surface area contributed by atoms with Crippen molar-refractivity contribution < 1.29 is 14.1 Å². The van der Waals surface area contributed by atoms with Gasteiger partial charge in [-0.05, 0) is 49.2 Å². The van der Waals surface area contributed by atoms with Crippen LogP contribution in [0.1, 0.15) is 21.7 Å². The number of hydrogen-bond acceptors (Lipinski definition) is 8. The molecule has 0 atom stereocenters. The minimum absolute atomic E-state index is 0.00486. The van der Waals surface area contributed by atoms with Crippen LogP contribution in [0.3, 0.4) is 0 Å². The number of hydrogen-bond donors (Lipinski definition) is 3. The fraction of sp³-hybridized carbons (Fsp3) is 0.118. The summed E-state index contributed by atoms with van der Waals surface area (Å²) in [7, 11) is 0. The number of benzene rings is 1. The van der Waals surface area contributed by atoms with Crippen LogP contribution in [0.25, 0.3) is 0 Å². The Morgan fingerprint density at radius 2 is 1.85 bits per heavy atom. The van der Waals surface area contributed by atoms with Crippen molar-refractivity contribution in [1.29, 1.82) is 0 Å². The zero-order valence-electron chi connectivity index (χ0n) is 14.5. The average molecular weight is 368 g/mol. The van der Waals surface area contributed by atoms with Crippen LogP contribution in [0.15, 0.2) is 47.3 Å². The third-order valence-corrected chi connectivity index (χ3v) is 3.53. The van der Waals surface area contributed by atoms with E-state index in [2.05, 4.69) is 26.1 Å². The molecule has 27 heavy (non-hydrogen) atoms. The highest BCUT2D eigenvalue weighted by Crippen LogP contribution is 2.31. The number of carbonyl (C=O) groups is 1. The molecule has 3 aromatic rings. The first-order valence-corrected chi connectivity index (χ1v) is 7.88. The van der Waals surface area contributed by atoms with E-state index in [1.165, 1.54) is 12.3 Å². The number of nitrogens with zero attached hydrogens (tertiary/aromatic N) is 3. The van der Waals surface area contributed by atoms with Crippen molar-refractivity contribution in [2.75, 3.05) is 10.7 Å². The van der Waals surface area contributed by atoms with Crippen LogP contribution in [-0.2, 0) is 0 Å². The second-order valence-electron chi connectivity index (χ2n) is 5.73. The van der Waals surface area contributed by atoms with E-state index in [9.17, 15) is 14.9 Å². The molecule has 0 aliphatic heterocycles. The molecule has 3 N–H and O–H groups in total. The van der Waals surface area contributed by atoms with Gasteiger partial charge in [-0.2, -0.15) is 0 Å². The zero-order chi connectivity index (χ0) is 19.4. The van der Waals surface area contributed by atoms with Crippen LogP contribution >= 0.6 is 0 Å². The molecule has 0 aliphatic rings. The minimum atomic E-state index is -0.633. The zero-order valence-corrected chi connectivity index (χ0v) is 14.5. The molecular weight excluding hydrogens is 352 g/mol. The van der Waals surface area contributed by atoms with E-state index < -0.39 is 16.5 Å². The largest absolute Gasteiger partial charge is 0.459 e. The summed E-state index contributed by atoms with van der Waals surface area (Å²) in [5, 5.41) is 14.5. The van der Waals surface area contributed by atoms with Gasteiger partial charge in [0.2, 0.25) is 11.6 Å². The Hall–Kier alpha value is -3.95. The van der Waals surface area contributed by atoms with E-state index in [1.807, 2.05) is 32.0 Å². The Kier molecular flexibility index (Phi) is 4.97. The molecule has 0 aliphatic carbocycles. The van der Waals surface area contributed by atoms with Crippen molar-refractivity contribution in [1.82, 2.24) is 15.4 Å². The molecule has 2 heterocycles. The van der Waals surface area contributed by atoms with Crippen molar-refractivity contribution in [3.63, 3.8) is 0 Å². The molecule has 10 nitrogen and oxygen atoms in total. The van der Waals surface area contributed by atoms with Crippen LogP contribution in [0.2, 0.25) is 0 Å². The maximum absolute atomic E-state index is 11.9. The number of rotatable bonds is 6. The van der Waals surface area contributed by atoms with Crippen LogP contribution in [0.4, 0.5) is 23.0 Å². The first-order valence-electron chi connectivity index (χ1n) is 7.88. The standard InChI is InChI=1S/C17H16N6O4/c1-10-6-11(2)8-12(7-10)20-15-14(23(25)26)16(19-9-18-15)21-22-17(24)13-4-3-5-27-13/h3-9H,1-2H3,(H,22,24)(H2,18,19,20,21). The van der Waals surface area contributed by atoms with Crippen molar-refractivity contribution >= 4 is 28.9 Å². The van der Waals surface area contributed by atoms with Crippen molar-refractivity contribution in [2.24, 2.45) is 0 Å². The molecule has 10 heteroatoms. The molecule has 3 rings (SSSR count). The Labute approximate surface area is 153 Å². The molecular formula is C17H16N6O4. The van der Waals surface area contributed by atoms with Crippen LogP contribution in [0.5, 0.6) is 0 Å². The topological polar surface area (TPSA) is 135 Å². The third-order valence-electron chi connectivity index (χ3n) is 3.53. The van der Waals surface area contributed by atoms with E-state index in [1.54, 1.807) is 6.07 Å². The minimum Gasteiger partial charge on any atom is -0.459 e. The van der Waals surface area contributed by atoms with Crippen molar-refractivity contribution in [3.05, 3.63) is 69.9 Å². The summed E-state index contributed by atoms with van der Waals surface area (Å²) in [6, 6.07) is 8.67. The van der Waals surface area contributed by atoms with Gasteiger partial charge in [-0.1, -0.05) is 6.07 Å². The maximum Gasteiger partial charge on any atom is 0.355 e. The summed E-state index contributed by atoms with van der Waals surface area (Å²) in [4.78, 5) is 30.6. The second kappa shape index (κ2) is 7.52.